The minimum atomic E-state index is 0.241. The van der Waals surface area contributed by atoms with Gasteiger partial charge in [-0.15, -0.1) is 22.7 Å². The van der Waals surface area contributed by atoms with Gasteiger partial charge in [-0.05, 0) is 24.4 Å². The fraction of sp³-hybridized carbons (Fsp3) is 0.500. The monoisotopic (exact) mass is 350 g/mol. The number of piperazine rings is 1. The van der Waals surface area contributed by atoms with Crippen LogP contribution < -0.4 is 5.73 Å². The number of thiophene rings is 1. The summed E-state index contributed by atoms with van der Waals surface area (Å²) in [4.78, 5) is 23.5. The van der Waals surface area contributed by atoms with Crippen molar-refractivity contribution in [2.75, 3.05) is 38.5 Å². The number of likely N-dealkylation sites (N-methyl/N-ethyl adjacent to an activating group) is 1. The second-order valence-electron chi connectivity index (χ2n) is 5.62. The molecule has 0 bridgehead atoms. The Labute approximate surface area is 144 Å². The number of rotatable bonds is 5. The van der Waals surface area contributed by atoms with E-state index in [1.54, 1.807) is 11.3 Å². The van der Waals surface area contributed by atoms with Gasteiger partial charge in [-0.1, -0.05) is 13.0 Å². The maximum atomic E-state index is 12.4. The van der Waals surface area contributed by atoms with E-state index in [0.29, 0.717) is 11.6 Å². The van der Waals surface area contributed by atoms with Crippen LogP contribution in [0.4, 0.5) is 5.13 Å². The van der Waals surface area contributed by atoms with Crippen LogP contribution in [0.2, 0.25) is 0 Å². The predicted molar refractivity (Wildman–Crippen MR) is 96.9 cm³/mol. The first-order valence-electron chi connectivity index (χ1n) is 7.96. The van der Waals surface area contributed by atoms with Gasteiger partial charge in [0, 0.05) is 37.5 Å². The largest absolute Gasteiger partial charge is 0.375 e. The Morgan fingerprint density at radius 3 is 2.78 bits per heavy atom. The second-order valence-corrected chi connectivity index (χ2v) is 7.68. The Morgan fingerprint density at radius 1 is 1.35 bits per heavy atom. The molecule has 23 heavy (non-hydrogen) atoms. The maximum absolute atomic E-state index is 12.4. The zero-order valence-electron chi connectivity index (χ0n) is 13.3. The quantitative estimate of drug-likeness (QED) is 0.900. The molecule has 0 atom stereocenters. The van der Waals surface area contributed by atoms with Crippen LogP contribution in [0.3, 0.4) is 0 Å². The summed E-state index contributed by atoms with van der Waals surface area (Å²) in [5, 5.41) is 2.61. The number of anilines is 1. The van der Waals surface area contributed by atoms with Crippen LogP contribution in [-0.4, -0.2) is 53.4 Å². The van der Waals surface area contributed by atoms with E-state index in [1.807, 2.05) is 16.3 Å². The highest BCUT2D eigenvalue weighted by molar-refractivity contribution is 7.17. The highest BCUT2D eigenvalue weighted by Gasteiger charge is 2.21. The molecule has 2 N–H and O–H groups in total. The lowest BCUT2D eigenvalue weighted by molar-refractivity contribution is -0.132. The average Bonchev–Trinajstić information content (AvgIpc) is 3.22. The number of amides is 1. The van der Waals surface area contributed by atoms with E-state index < -0.39 is 0 Å². The molecular formula is C16H22N4OS2. The molecule has 1 aliphatic heterocycles. The average molecular weight is 351 g/mol. The van der Waals surface area contributed by atoms with Crippen LogP contribution in [0.15, 0.2) is 17.5 Å². The standard InChI is InChI=1S/C16H22N4OS2/c1-2-19-7-9-20(10-8-19)14(21)6-5-13-15(18-16(17)23-13)12-4-3-11-22-12/h3-4,11H,2,5-10H2,1H3,(H2,17,18). The van der Waals surface area contributed by atoms with Gasteiger partial charge in [-0.25, -0.2) is 4.98 Å². The van der Waals surface area contributed by atoms with Gasteiger partial charge in [-0.2, -0.15) is 0 Å². The van der Waals surface area contributed by atoms with Crippen molar-refractivity contribution in [2.24, 2.45) is 0 Å². The van der Waals surface area contributed by atoms with Crippen LogP contribution >= 0.6 is 22.7 Å². The Balaban J connectivity index is 1.60. The predicted octanol–water partition coefficient (Wildman–Crippen LogP) is 2.55. The van der Waals surface area contributed by atoms with Crippen molar-refractivity contribution in [2.45, 2.75) is 19.8 Å². The smallest absolute Gasteiger partial charge is 0.223 e. The second kappa shape index (κ2) is 7.42. The summed E-state index contributed by atoms with van der Waals surface area (Å²) in [7, 11) is 0. The van der Waals surface area contributed by atoms with Crippen LogP contribution in [0.1, 0.15) is 18.2 Å². The zero-order chi connectivity index (χ0) is 16.2. The summed E-state index contributed by atoms with van der Waals surface area (Å²) in [5.74, 6) is 0.241. The number of nitrogens with zero attached hydrogens (tertiary/aromatic N) is 3. The van der Waals surface area contributed by atoms with E-state index in [0.717, 1.165) is 54.6 Å². The van der Waals surface area contributed by atoms with Crippen molar-refractivity contribution in [1.29, 1.82) is 0 Å². The van der Waals surface area contributed by atoms with Crippen molar-refractivity contribution in [1.82, 2.24) is 14.8 Å². The van der Waals surface area contributed by atoms with Gasteiger partial charge in [0.05, 0.1) is 10.6 Å². The highest BCUT2D eigenvalue weighted by Crippen LogP contribution is 2.33. The Hall–Kier alpha value is -1.44. The van der Waals surface area contributed by atoms with Gasteiger partial charge in [0.25, 0.3) is 0 Å². The van der Waals surface area contributed by atoms with Crippen molar-refractivity contribution < 1.29 is 4.79 Å². The minimum Gasteiger partial charge on any atom is -0.375 e. The number of nitrogen functional groups attached to an aromatic ring is 1. The van der Waals surface area contributed by atoms with Gasteiger partial charge < -0.3 is 15.5 Å². The normalized spacial score (nSPS) is 16.0. The lowest BCUT2D eigenvalue weighted by Gasteiger charge is -2.34. The lowest BCUT2D eigenvalue weighted by Crippen LogP contribution is -2.48. The fourth-order valence-electron chi connectivity index (χ4n) is 2.84. The number of hydrogen-bond donors (Lipinski definition) is 1. The van der Waals surface area contributed by atoms with E-state index in [-0.39, 0.29) is 5.91 Å². The van der Waals surface area contributed by atoms with Crippen molar-refractivity contribution >= 4 is 33.7 Å². The Bertz CT molecular complexity index is 645. The molecule has 7 heteroatoms. The molecule has 0 spiro atoms. The number of thiazole rings is 1. The number of aromatic nitrogens is 1. The number of nitrogens with two attached hydrogens (primary N) is 1. The molecule has 3 rings (SSSR count). The van der Waals surface area contributed by atoms with Crippen LogP contribution in [-0.2, 0) is 11.2 Å². The summed E-state index contributed by atoms with van der Waals surface area (Å²) in [5.41, 5.74) is 6.83. The molecular weight excluding hydrogens is 328 g/mol. The van der Waals surface area contributed by atoms with E-state index in [1.165, 1.54) is 11.3 Å². The Kier molecular flexibility index (Phi) is 5.30. The Morgan fingerprint density at radius 2 is 2.13 bits per heavy atom. The van der Waals surface area contributed by atoms with Crippen molar-refractivity contribution in [3.05, 3.63) is 22.4 Å². The minimum absolute atomic E-state index is 0.241. The molecule has 1 fully saturated rings. The first kappa shape index (κ1) is 16.4. The third-order valence-electron chi connectivity index (χ3n) is 4.21. The lowest BCUT2D eigenvalue weighted by atomic mass is 10.2. The van der Waals surface area contributed by atoms with Gasteiger partial charge in [0.15, 0.2) is 5.13 Å². The van der Waals surface area contributed by atoms with E-state index in [9.17, 15) is 4.79 Å². The van der Waals surface area contributed by atoms with Gasteiger partial charge in [-0.3, -0.25) is 4.79 Å². The maximum Gasteiger partial charge on any atom is 0.223 e. The molecule has 2 aromatic rings. The third kappa shape index (κ3) is 3.91. The van der Waals surface area contributed by atoms with Gasteiger partial charge in [0.1, 0.15) is 0 Å². The molecule has 0 aromatic carbocycles. The van der Waals surface area contributed by atoms with Crippen molar-refractivity contribution in [3.63, 3.8) is 0 Å². The number of carbonyl (C=O) groups excluding carboxylic acids is 1. The van der Waals surface area contributed by atoms with Crippen molar-refractivity contribution in [3.8, 4) is 10.6 Å². The number of hydrogen-bond acceptors (Lipinski definition) is 6. The molecule has 0 aliphatic carbocycles. The van der Waals surface area contributed by atoms with Gasteiger partial charge in [0.2, 0.25) is 5.91 Å². The van der Waals surface area contributed by atoms with E-state index in [2.05, 4.69) is 22.9 Å². The van der Waals surface area contributed by atoms with Crippen LogP contribution in [0.25, 0.3) is 10.6 Å². The summed E-state index contributed by atoms with van der Waals surface area (Å²) >= 11 is 3.16. The molecule has 3 heterocycles. The van der Waals surface area contributed by atoms with E-state index >= 15 is 0 Å². The zero-order valence-corrected chi connectivity index (χ0v) is 15.0. The summed E-state index contributed by atoms with van der Waals surface area (Å²) in [6, 6.07) is 4.06. The first-order chi connectivity index (χ1) is 11.2. The molecule has 1 saturated heterocycles. The fourth-order valence-corrected chi connectivity index (χ4v) is 4.49. The molecule has 1 aliphatic rings. The molecule has 5 nitrogen and oxygen atoms in total. The molecule has 2 aromatic heterocycles. The van der Waals surface area contributed by atoms with E-state index in [4.69, 9.17) is 5.73 Å². The van der Waals surface area contributed by atoms with Gasteiger partial charge >= 0.3 is 0 Å². The summed E-state index contributed by atoms with van der Waals surface area (Å²) < 4.78 is 0. The first-order valence-corrected chi connectivity index (χ1v) is 9.66. The molecule has 124 valence electrons. The van der Waals surface area contributed by atoms with Crippen LogP contribution in [0.5, 0.6) is 0 Å². The highest BCUT2D eigenvalue weighted by atomic mass is 32.1. The topological polar surface area (TPSA) is 62.5 Å². The SMILES string of the molecule is CCN1CCN(C(=O)CCc2sc(N)nc2-c2cccs2)CC1. The molecule has 0 radical (unpaired) electrons. The summed E-state index contributed by atoms with van der Waals surface area (Å²) in [6.07, 6.45) is 1.25. The summed E-state index contributed by atoms with van der Waals surface area (Å²) in [6.45, 7) is 6.88. The van der Waals surface area contributed by atoms with Crippen LogP contribution in [0, 0.1) is 0 Å². The number of carbonyl (C=O) groups is 1. The molecule has 1 amide bonds. The molecule has 0 saturated carbocycles. The number of aryl methyl sites for hydroxylation is 1. The molecule has 0 unspecified atom stereocenters. The third-order valence-corrected chi connectivity index (χ3v) is 6.03.